The van der Waals surface area contributed by atoms with Crippen LogP contribution >= 0.6 is 0 Å². The van der Waals surface area contributed by atoms with E-state index in [-0.39, 0.29) is 116 Å². The fraction of sp³-hybridized carbons (Fsp3) is 0. The van der Waals surface area contributed by atoms with E-state index in [0.717, 1.165) is 44.0 Å². The fourth-order valence-corrected chi connectivity index (χ4v) is 9.63. The van der Waals surface area contributed by atoms with Crippen LogP contribution in [-0.4, -0.2) is 114 Å². The molecule has 290 valence electrons. The summed E-state index contributed by atoms with van der Waals surface area (Å²) in [5, 5.41) is 4.23. The molecule has 4 heterocycles. The van der Waals surface area contributed by atoms with E-state index in [2.05, 4.69) is 59.2 Å². The molecule has 4 aromatic heterocycles. The molecule has 12 rings (SSSR count). The van der Waals surface area contributed by atoms with Crippen LogP contribution < -0.4 is 65.6 Å². The summed E-state index contributed by atoms with van der Waals surface area (Å²) in [6.45, 7) is 0. The van der Waals surface area contributed by atoms with E-state index in [4.69, 9.17) is 118 Å². The summed E-state index contributed by atoms with van der Waals surface area (Å²) in [6, 6.07) is 36.9. The number of hydrogen-bond donors (Lipinski definition) is 0. The van der Waals surface area contributed by atoms with E-state index in [1.165, 1.54) is 0 Å². The predicted octanol–water partition coefficient (Wildman–Crippen LogP) is -1.04. The standard InChI is InChI=1S/C51H18B12N4O2/c52-35-31-32-36(53)41(58)45(62)46(63)48(32)69-47(31)34(39(56)40(35)57)51-65-49(64-50(66-51)33-37(54)42(59)44(61)43(60)38(33)55)24-10-6-12-28-30(24)23-15-14-21(18-29(23)68-28)67-26-11-5-4-9-22(26)25-17-20(13-16-27(25)67)19-7-2-1-3-8-19/h1-18H. The summed E-state index contributed by atoms with van der Waals surface area (Å²) in [7, 11) is 78.1. The molecule has 0 atom stereocenters. The molecule has 0 N–H and O–H groups in total. The maximum Gasteiger partial charge on any atom is 0.167 e. The number of rotatable bonds is 5. The van der Waals surface area contributed by atoms with Crippen LogP contribution in [0.25, 0.3) is 117 Å². The quantitative estimate of drug-likeness (QED) is 0.208. The van der Waals surface area contributed by atoms with Crippen molar-refractivity contribution in [3.63, 3.8) is 0 Å². The highest BCUT2D eigenvalue weighted by molar-refractivity contribution is 6.70. The number of para-hydroxylation sites is 1. The summed E-state index contributed by atoms with van der Waals surface area (Å²) in [5.74, 6) is 0.0650. The number of benzene rings is 8. The first-order valence-electron chi connectivity index (χ1n) is 21.5. The monoisotopic (exact) mass is 850 g/mol. The van der Waals surface area contributed by atoms with Crippen molar-refractivity contribution < 1.29 is 8.83 Å². The van der Waals surface area contributed by atoms with E-state index in [1.54, 1.807) is 0 Å². The van der Waals surface area contributed by atoms with Gasteiger partial charge < -0.3 is 13.4 Å². The van der Waals surface area contributed by atoms with Crippen molar-refractivity contribution in [1.82, 2.24) is 19.5 Å². The van der Waals surface area contributed by atoms with Crippen molar-refractivity contribution >= 4 is 225 Å². The van der Waals surface area contributed by atoms with E-state index < -0.39 is 0 Å². The average molecular weight is 848 g/mol. The summed E-state index contributed by atoms with van der Waals surface area (Å²) < 4.78 is 15.4. The molecular weight excluding hydrogens is 830 g/mol. The van der Waals surface area contributed by atoms with Crippen molar-refractivity contribution in [3.8, 4) is 51.0 Å². The Labute approximate surface area is 411 Å². The lowest BCUT2D eigenvalue weighted by molar-refractivity contribution is 0.668. The van der Waals surface area contributed by atoms with E-state index >= 15 is 0 Å². The zero-order valence-electron chi connectivity index (χ0n) is 36.4. The lowest BCUT2D eigenvalue weighted by atomic mass is 9.60. The maximum atomic E-state index is 6.85. The minimum atomic E-state index is -0.0389. The topological polar surface area (TPSA) is 69.9 Å². The van der Waals surface area contributed by atoms with Gasteiger partial charge in [-0.1, -0.05) is 99.5 Å². The highest BCUT2D eigenvalue weighted by Crippen LogP contribution is 2.40. The van der Waals surface area contributed by atoms with Gasteiger partial charge in [0.1, 0.15) is 116 Å². The summed E-state index contributed by atoms with van der Waals surface area (Å²) in [6.07, 6.45) is 0. The molecule has 0 aliphatic rings. The smallest absolute Gasteiger partial charge is 0.167 e. The van der Waals surface area contributed by atoms with Gasteiger partial charge in [-0.2, -0.15) is 0 Å². The van der Waals surface area contributed by atoms with Crippen LogP contribution in [0.4, 0.5) is 0 Å². The molecule has 0 aliphatic heterocycles. The van der Waals surface area contributed by atoms with Crippen molar-refractivity contribution in [1.29, 1.82) is 0 Å². The molecule has 0 spiro atoms. The summed E-state index contributed by atoms with van der Waals surface area (Å²) >= 11 is 0. The van der Waals surface area contributed by atoms with Crippen LogP contribution in [0.2, 0.25) is 0 Å². The largest absolute Gasteiger partial charge is 0.456 e. The number of aromatic nitrogens is 4. The van der Waals surface area contributed by atoms with Crippen LogP contribution in [0, 0.1) is 0 Å². The molecule has 0 saturated carbocycles. The Hall–Kier alpha value is -7.05. The molecule has 0 fully saturated rings. The molecule has 12 aromatic rings. The lowest BCUT2D eigenvalue weighted by Crippen LogP contribution is -2.55. The molecule has 69 heavy (non-hydrogen) atoms. The van der Waals surface area contributed by atoms with E-state index in [9.17, 15) is 0 Å². The van der Waals surface area contributed by atoms with Crippen molar-refractivity contribution in [2.75, 3.05) is 0 Å². The fourth-order valence-electron chi connectivity index (χ4n) is 9.63. The van der Waals surface area contributed by atoms with Crippen LogP contribution in [0.3, 0.4) is 0 Å². The van der Waals surface area contributed by atoms with Gasteiger partial charge in [-0.15, -0.1) is 32.8 Å². The first-order valence-corrected chi connectivity index (χ1v) is 21.5. The van der Waals surface area contributed by atoms with Gasteiger partial charge >= 0.3 is 0 Å². The molecule has 0 saturated heterocycles. The highest BCUT2D eigenvalue weighted by atomic mass is 16.3. The van der Waals surface area contributed by atoms with E-state index in [1.807, 2.05) is 54.6 Å². The third-order valence-electron chi connectivity index (χ3n) is 13.2. The van der Waals surface area contributed by atoms with E-state index in [0.29, 0.717) is 22.1 Å². The Morgan fingerprint density at radius 1 is 0.348 bits per heavy atom. The summed E-state index contributed by atoms with van der Waals surface area (Å²) in [4.78, 5) is 14.9. The zero-order valence-corrected chi connectivity index (χ0v) is 36.4. The minimum Gasteiger partial charge on any atom is -0.456 e. The van der Waals surface area contributed by atoms with Gasteiger partial charge in [0.15, 0.2) is 17.5 Å². The normalized spacial score (nSPS) is 11.9. The zero-order chi connectivity index (χ0) is 47.9. The van der Waals surface area contributed by atoms with Gasteiger partial charge in [0, 0.05) is 55.2 Å². The Bertz CT molecular complexity index is 4210. The Kier molecular flexibility index (Phi) is 9.87. The number of hydrogen-bond acceptors (Lipinski definition) is 5. The first-order chi connectivity index (χ1) is 33.2. The number of furan rings is 2. The third kappa shape index (κ3) is 6.26. The van der Waals surface area contributed by atoms with Gasteiger partial charge in [-0.05, 0) is 47.5 Å². The molecule has 0 aliphatic carbocycles. The van der Waals surface area contributed by atoms with Gasteiger partial charge in [0.05, 0.1) is 16.6 Å². The average Bonchev–Trinajstić information content (AvgIpc) is 4.06. The van der Waals surface area contributed by atoms with Crippen molar-refractivity contribution in [2.24, 2.45) is 0 Å². The van der Waals surface area contributed by atoms with Crippen LogP contribution in [0.15, 0.2) is 118 Å². The molecule has 0 bridgehead atoms. The second kappa shape index (κ2) is 15.7. The molecule has 8 aromatic carbocycles. The highest BCUT2D eigenvalue weighted by Gasteiger charge is 2.27. The van der Waals surface area contributed by atoms with Gasteiger partial charge in [-0.25, -0.2) is 15.0 Å². The predicted molar refractivity (Wildman–Crippen MR) is 295 cm³/mol. The van der Waals surface area contributed by atoms with Crippen molar-refractivity contribution in [3.05, 3.63) is 109 Å². The Morgan fingerprint density at radius 3 is 1.67 bits per heavy atom. The minimum absolute atomic E-state index is 0.00311. The SMILES string of the molecule is [B]c1c([B])c([B])c(-c2nc(-c3c([B])c([B])c([B])c4c3oc3c([B])c([B])c([B])c([B])c34)nc(-c3cccc4oc5cc(-n6c7ccccc7c7cc(-c8ccccc8)ccc76)ccc5c34)n2)c([B])c1[B]. The Balaban J connectivity index is 1.11. The second-order valence-electron chi connectivity index (χ2n) is 16.9. The molecule has 0 unspecified atom stereocenters. The van der Waals surface area contributed by atoms with Crippen LogP contribution in [-0.2, 0) is 0 Å². The van der Waals surface area contributed by atoms with Gasteiger partial charge in [0.2, 0.25) is 0 Å². The molecule has 24 radical (unpaired) electrons. The molecule has 6 nitrogen and oxygen atoms in total. The number of nitrogens with zero attached hydrogens (tertiary/aromatic N) is 4. The van der Waals surface area contributed by atoms with Crippen LogP contribution in [0.5, 0.6) is 0 Å². The summed E-state index contributed by atoms with van der Waals surface area (Å²) in [5.41, 5.74) is 7.41. The molecular formula is C51H18B12N4O2. The second-order valence-corrected chi connectivity index (χ2v) is 16.9. The Morgan fingerprint density at radius 2 is 0.928 bits per heavy atom. The first kappa shape index (κ1) is 43.2. The third-order valence-corrected chi connectivity index (χ3v) is 13.2. The molecule has 0 amide bonds. The van der Waals surface area contributed by atoms with Crippen molar-refractivity contribution in [2.45, 2.75) is 0 Å². The van der Waals surface area contributed by atoms with Gasteiger partial charge in [-0.3, -0.25) is 0 Å². The van der Waals surface area contributed by atoms with Crippen LogP contribution in [0.1, 0.15) is 0 Å². The molecule has 18 heteroatoms. The van der Waals surface area contributed by atoms with Gasteiger partial charge in [0.25, 0.3) is 0 Å². The maximum absolute atomic E-state index is 6.85. The lowest BCUT2D eigenvalue weighted by Gasteiger charge is -2.21. The number of fused-ring (bicyclic) bond motifs is 9.